The van der Waals surface area contributed by atoms with E-state index in [1.165, 1.54) is 0 Å². The zero-order valence-corrected chi connectivity index (χ0v) is 14.1. The Hall–Kier alpha value is -2.35. The topological polar surface area (TPSA) is 110 Å². The third kappa shape index (κ3) is 5.09. The van der Waals surface area contributed by atoms with Gasteiger partial charge in [-0.2, -0.15) is 0 Å². The Balaban J connectivity index is 1.88. The van der Waals surface area contributed by atoms with Crippen LogP contribution in [0.5, 0.6) is 0 Å². The van der Waals surface area contributed by atoms with Crippen molar-refractivity contribution in [3.05, 3.63) is 23.9 Å². The van der Waals surface area contributed by atoms with Gasteiger partial charge < -0.3 is 26.0 Å². The maximum absolute atomic E-state index is 12.2. The highest BCUT2D eigenvalue weighted by Crippen LogP contribution is 2.13. The summed E-state index contributed by atoms with van der Waals surface area (Å²) < 4.78 is 5.32. The molecule has 2 heterocycles. The summed E-state index contributed by atoms with van der Waals surface area (Å²) in [4.78, 5) is 29.8. The number of primary amides is 1. The molecule has 0 unspecified atom stereocenters. The lowest BCUT2D eigenvalue weighted by Gasteiger charge is -2.27. The van der Waals surface area contributed by atoms with E-state index in [2.05, 4.69) is 20.5 Å². The quantitative estimate of drug-likeness (QED) is 0.689. The highest BCUT2D eigenvalue weighted by Gasteiger charge is 2.23. The third-order valence-electron chi connectivity index (χ3n) is 3.86. The molecule has 0 spiro atoms. The largest absolute Gasteiger partial charge is 0.378 e. The number of hydrogen-bond donors (Lipinski definition) is 3. The minimum Gasteiger partial charge on any atom is -0.378 e. The lowest BCUT2D eigenvalue weighted by atomic mass is 10.0. The van der Waals surface area contributed by atoms with E-state index in [1.807, 2.05) is 26.0 Å². The average Bonchev–Trinajstić information content (AvgIpc) is 2.58. The van der Waals surface area contributed by atoms with E-state index in [1.54, 1.807) is 6.20 Å². The molecule has 0 saturated carbocycles. The fourth-order valence-corrected chi connectivity index (χ4v) is 2.49. The number of amides is 3. The number of nitrogens with zero attached hydrogens (tertiary/aromatic N) is 2. The summed E-state index contributed by atoms with van der Waals surface area (Å²) in [6.07, 6.45) is 1.75. The summed E-state index contributed by atoms with van der Waals surface area (Å²) in [5, 5.41) is 5.26. The Bertz CT molecular complexity index is 555. The van der Waals surface area contributed by atoms with Crippen LogP contribution in [-0.4, -0.2) is 49.3 Å². The number of nitrogens with two attached hydrogens (primary N) is 1. The molecule has 1 atom stereocenters. The van der Waals surface area contributed by atoms with Gasteiger partial charge in [0.25, 0.3) is 0 Å². The molecule has 4 N–H and O–H groups in total. The van der Waals surface area contributed by atoms with Gasteiger partial charge in [0.1, 0.15) is 11.9 Å². The number of pyridine rings is 1. The van der Waals surface area contributed by atoms with Gasteiger partial charge in [-0.15, -0.1) is 0 Å². The second kappa shape index (κ2) is 8.49. The van der Waals surface area contributed by atoms with Crippen molar-refractivity contribution in [2.45, 2.75) is 26.4 Å². The molecule has 1 saturated heterocycles. The van der Waals surface area contributed by atoms with E-state index in [0.717, 1.165) is 24.5 Å². The number of aromatic nitrogens is 1. The van der Waals surface area contributed by atoms with Gasteiger partial charge in [-0.05, 0) is 17.5 Å². The molecule has 3 amide bonds. The Morgan fingerprint density at radius 3 is 2.58 bits per heavy atom. The Labute approximate surface area is 141 Å². The summed E-state index contributed by atoms with van der Waals surface area (Å²) in [5.74, 6) is 0.587. The van der Waals surface area contributed by atoms with Crippen LogP contribution in [0.3, 0.4) is 0 Å². The average molecular weight is 335 g/mol. The first-order valence-electron chi connectivity index (χ1n) is 8.08. The molecule has 0 aliphatic carbocycles. The number of anilines is 1. The number of hydrogen-bond acceptors (Lipinski definition) is 5. The second-order valence-corrected chi connectivity index (χ2v) is 6.07. The van der Waals surface area contributed by atoms with Gasteiger partial charge in [0, 0.05) is 25.8 Å². The fraction of sp³-hybridized carbons (Fsp3) is 0.562. The molecule has 24 heavy (non-hydrogen) atoms. The van der Waals surface area contributed by atoms with Crippen molar-refractivity contribution in [2.75, 3.05) is 31.2 Å². The van der Waals surface area contributed by atoms with Crippen LogP contribution < -0.4 is 21.3 Å². The maximum Gasteiger partial charge on any atom is 0.312 e. The third-order valence-corrected chi connectivity index (χ3v) is 3.86. The van der Waals surface area contributed by atoms with Crippen molar-refractivity contribution in [1.82, 2.24) is 15.6 Å². The Morgan fingerprint density at radius 2 is 2.04 bits per heavy atom. The van der Waals surface area contributed by atoms with Gasteiger partial charge in [-0.3, -0.25) is 4.79 Å². The molecule has 8 heteroatoms. The van der Waals surface area contributed by atoms with Gasteiger partial charge in [-0.25, -0.2) is 9.78 Å². The molecule has 132 valence electrons. The molecular formula is C16H25N5O3. The van der Waals surface area contributed by atoms with Crippen molar-refractivity contribution in [3.8, 4) is 0 Å². The van der Waals surface area contributed by atoms with Gasteiger partial charge >= 0.3 is 6.03 Å². The highest BCUT2D eigenvalue weighted by molar-refractivity contribution is 5.86. The van der Waals surface area contributed by atoms with Crippen molar-refractivity contribution >= 4 is 17.8 Å². The van der Waals surface area contributed by atoms with Crippen molar-refractivity contribution in [1.29, 1.82) is 0 Å². The van der Waals surface area contributed by atoms with Crippen LogP contribution in [0.15, 0.2) is 18.3 Å². The number of ether oxygens (including phenoxy) is 1. The molecular weight excluding hydrogens is 310 g/mol. The number of morpholine rings is 1. The van der Waals surface area contributed by atoms with Gasteiger partial charge in [0.2, 0.25) is 5.91 Å². The SMILES string of the molecule is CC(C)[C@@H](NC(N)=O)C(=O)NCc1ccc(N2CCOCC2)nc1. The van der Waals surface area contributed by atoms with Crippen molar-refractivity contribution in [3.63, 3.8) is 0 Å². The van der Waals surface area contributed by atoms with E-state index >= 15 is 0 Å². The highest BCUT2D eigenvalue weighted by atomic mass is 16.5. The molecule has 2 rings (SSSR count). The second-order valence-electron chi connectivity index (χ2n) is 6.07. The summed E-state index contributed by atoms with van der Waals surface area (Å²) in [7, 11) is 0. The number of nitrogens with one attached hydrogen (secondary N) is 2. The van der Waals surface area contributed by atoms with Crippen LogP contribution >= 0.6 is 0 Å². The fourth-order valence-electron chi connectivity index (χ4n) is 2.49. The van der Waals surface area contributed by atoms with Gasteiger partial charge in [0.05, 0.1) is 13.2 Å². The number of rotatable bonds is 6. The lowest BCUT2D eigenvalue weighted by molar-refractivity contribution is -0.124. The summed E-state index contributed by atoms with van der Waals surface area (Å²) in [5.41, 5.74) is 6.00. The first kappa shape index (κ1) is 18.0. The Kier molecular flexibility index (Phi) is 6.36. The molecule has 1 aliphatic heterocycles. The molecule has 1 aromatic heterocycles. The smallest absolute Gasteiger partial charge is 0.312 e. The van der Waals surface area contributed by atoms with Crippen molar-refractivity contribution in [2.24, 2.45) is 11.7 Å². The number of urea groups is 1. The molecule has 0 radical (unpaired) electrons. The minimum atomic E-state index is -0.708. The Morgan fingerprint density at radius 1 is 1.33 bits per heavy atom. The van der Waals surface area contributed by atoms with Crippen LogP contribution in [0.1, 0.15) is 19.4 Å². The summed E-state index contributed by atoms with van der Waals surface area (Å²) in [6.45, 7) is 7.12. The van der Waals surface area contributed by atoms with Gasteiger partial charge in [-0.1, -0.05) is 19.9 Å². The molecule has 1 aliphatic rings. The van der Waals surface area contributed by atoms with E-state index in [-0.39, 0.29) is 11.8 Å². The monoisotopic (exact) mass is 335 g/mol. The zero-order chi connectivity index (χ0) is 17.5. The molecule has 1 fully saturated rings. The number of carbonyl (C=O) groups is 2. The van der Waals surface area contributed by atoms with Crippen LogP contribution in [-0.2, 0) is 16.1 Å². The normalized spacial score (nSPS) is 15.9. The maximum atomic E-state index is 12.2. The van der Waals surface area contributed by atoms with E-state index in [9.17, 15) is 9.59 Å². The van der Waals surface area contributed by atoms with Crippen LogP contribution in [0.25, 0.3) is 0 Å². The standard InChI is InChI=1S/C16H25N5O3/c1-11(2)14(20-16(17)23)15(22)19-10-12-3-4-13(18-9-12)21-5-7-24-8-6-21/h3-4,9,11,14H,5-8,10H2,1-2H3,(H,19,22)(H3,17,20,23)/t14-/m1/s1. The van der Waals surface area contributed by atoms with Crippen LogP contribution in [0.4, 0.5) is 10.6 Å². The summed E-state index contributed by atoms with van der Waals surface area (Å²) >= 11 is 0. The summed E-state index contributed by atoms with van der Waals surface area (Å²) in [6, 6.07) is 2.52. The lowest BCUT2D eigenvalue weighted by Crippen LogP contribution is -2.51. The predicted molar refractivity (Wildman–Crippen MR) is 90.5 cm³/mol. The van der Waals surface area contributed by atoms with Gasteiger partial charge in [0.15, 0.2) is 0 Å². The molecule has 1 aromatic rings. The van der Waals surface area contributed by atoms with E-state index < -0.39 is 12.1 Å². The number of carbonyl (C=O) groups excluding carboxylic acids is 2. The first-order valence-corrected chi connectivity index (χ1v) is 8.08. The minimum absolute atomic E-state index is 0.0562. The van der Waals surface area contributed by atoms with Crippen LogP contribution in [0, 0.1) is 5.92 Å². The van der Waals surface area contributed by atoms with E-state index in [4.69, 9.17) is 10.5 Å². The van der Waals surface area contributed by atoms with Crippen LogP contribution in [0.2, 0.25) is 0 Å². The molecule has 8 nitrogen and oxygen atoms in total. The zero-order valence-electron chi connectivity index (χ0n) is 14.1. The van der Waals surface area contributed by atoms with E-state index in [0.29, 0.717) is 19.8 Å². The molecule has 0 aromatic carbocycles. The first-order chi connectivity index (χ1) is 11.5. The predicted octanol–water partition coefficient (Wildman–Crippen LogP) is 0.227. The molecule has 0 bridgehead atoms. The van der Waals surface area contributed by atoms with Crippen molar-refractivity contribution < 1.29 is 14.3 Å².